The highest BCUT2D eigenvalue weighted by atomic mass is 79.9. The van der Waals surface area contributed by atoms with E-state index in [1.165, 1.54) is 5.56 Å². The van der Waals surface area contributed by atoms with Crippen molar-refractivity contribution in [3.63, 3.8) is 0 Å². The van der Waals surface area contributed by atoms with Crippen molar-refractivity contribution in [2.45, 2.75) is 13.8 Å². The highest BCUT2D eigenvalue weighted by molar-refractivity contribution is 9.10. The van der Waals surface area contributed by atoms with Gasteiger partial charge in [-0.3, -0.25) is 0 Å². The first-order chi connectivity index (χ1) is 7.63. The van der Waals surface area contributed by atoms with Gasteiger partial charge in [-0.2, -0.15) is 0 Å². The number of nitrogens with zero attached hydrogens (tertiary/aromatic N) is 1. The molecule has 0 unspecified atom stereocenters. The fourth-order valence-corrected chi connectivity index (χ4v) is 2.25. The molecule has 2 rings (SSSR count). The maximum atomic E-state index is 5.41. The number of halogens is 1. The zero-order valence-corrected chi connectivity index (χ0v) is 11.1. The van der Waals surface area contributed by atoms with Crippen LogP contribution in [-0.4, -0.2) is 17.1 Å². The third-order valence-corrected chi connectivity index (χ3v) is 3.10. The third kappa shape index (κ3) is 1.85. The van der Waals surface area contributed by atoms with Crippen LogP contribution in [0.15, 0.2) is 23.1 Å². The lowest BCUT2D eigenvalue weighted by Crippen LogP contribution is -1.93. The number of nitrogens with one attached hydrogen (secondary N) is 1. The van der Waals surface area contributed by atoms with Crippen molar-refractivity contribution in [1.29, 1.82) is 0 Å². The van der Waals surface area contributed by atoms with Crippen LogP contribution in [0.3, 0.4) is 0 Å². The van der Waals surface area contributed by atoms with Crippen molar-refractivity contribution in [2.24, 2.45) is 0 Å². The van der Waals surface area contributed by atoms with E-state index in [1.54, 1.807) is 13.4 Å². The molecule has 0 radical (unpaired) electrons. The molecule has 0 aliphatic carbocycles. The molecule has 1 aromatic carbocycles. The monoisotopic (exact) mass is 280 g/mol. The van der Waals surface area contributed by atoms with Gasteiger partial charge in [0, 0.05) is 5.56 Å². The minimum Gasteiger partial charge on any atom is -0.496 e. The van der Waals surface area contributed by atoms with E-state index in [0.29, 0.717) is 0 Å². The summed E-state index contributed by atoms with van der Waals surface area (Å²) in [5.74, 6) is 0.852. The maximum Gasteiger partial charge on any atom is 0.128 e. The summed E-state index contributed by atoms with van der Waals surface area (Å²) in [5.41, 5.74) is 4.25. The van der Waals surface area contributed by atoms with Gasteiger partial charge in [0.05, 0.1) is 13.4 Å². The number of rotatable bonds is 2. The van der Waals surface area contributed by atoms with Crippen LogP contribution in [0.1, 0.15) is 11.1 Å². The number of ether oxygens (including phenoxy) is 1. The number of hydrogen-bond donors (Lipinski definition) is 1. The molecule has 0 saturated heterocycles. The predicted molar refractivity (Wildman–Crippen MR) is 67.7 cm³/mol. The standard InChI is InChI=1S/C12H13BrN2O/c1-7-4-8(2)10(9(5-7)16-3)11-12(13)15-6-14-11/h4-6H,1-3H3,(H,14,15). The lowest BCUT2D eigenvalue weighted by atomic mass is 10.0. The minimum atomic E-state index is 0.852. The molecular weight excluding hydrogens is 268 g/mol. The Morgan fingerprint density at radius 2 is 2.06 bits per heavy atom. The minimum absolute atomic E-state index is 0.852. The topological polar surface area (TPSA) is 37.9 Å². The Morgan fingerprint density at radius 3 is 2.62 bits per heavy atom. The summed E-state index contributed by atoms with van der Waals surface area (Å²) >= 11 is 3.45. The summed E-state index contributed by atoms with van der Waals surface area (Å²) in [6.07, 6.45) is 1.66. The second kappa shape index (κ2) is 4.29. The van der Waals surface area contributed by atoms with E-state index in [4.69, 9.17) is 4.74 Å². The normalized spacial score (nSPS) is 10.5. The lowest BCUT2D eigenvalue weighted by molar-refractivity contribution is 0.415. The van der Waals surface area contributed by atoms with Gasteiger partial charge in [0.2, 0.25) is 0 Å². The molecule has 1 heterocycles. The molecule has 0 saturated carbocycles. The third-order valence-electron chi connectivity index (χ3n) is 2.49. The number of imidazole rings is 1. The molecule has 0 spiro atoms. The Hall–Kier alpha value is -1.29. The van der Waals surface area contributed by atoms with E-state index in [2.05, 4.69) is 45.8 Å². The van der Waals surface area contributed by atoms with E-state index < -0.39 is 0 Å². The first kappa shape index (κ1) is 11.2. The van der Waals surface area contributed by atoms with Crippen LogP contribution in [0, 0.1) is 13.8 Å². The summed E-state index contributed by atoms with van der Waals surface area (Å²) in [4.78, 5) is 7.31. The molecule has 0 amide bonds. The van der Waals surface area contributed by atoms with Crippen molar-refractivity contribution in [3.05, 3.63) is 34.2 Å². The van der Waals surface area contributed by atoms with Gasteiger partial charge in [-0.1, -0.05) is 6.07 Å². The maximum absolute atomic E-state index is 5.41. The number of aryl methyl sites for hydroxylation is 2. The number of aromatic amines is 1. The number of aromatic nitrogens is 2. The van der Waals surface area contributed by atoms with Crippen molar-refractivity contribution in [2.75, 3.05) is 7.11 Å². The Balaban J connectivity index is 2.69. The zero-order chi connectivity index (χ0) is 11.7. The Morgan fingerprint density at radius 1 is 1.31 bits per heavy atom. The largest absolute Gasteiger partial charge is 0.496 e. The Kier molecular flexibility index (Phi) is 3.01. The summed E-state index contributed by atoms with van der Waals surface area (Å²) in [6.45, 7) is 4.12. The molecular formula is C12H13BrN2O. The molecule has 1 aromatic heterocycles. The number of methoxy groups -OCH3 is 1. The van der Waals surface area contributed by atoms with Crippen LogP contribution in [0.5, 0.6) is 5.75 Å². The number of hydrogen-bond acceptors (Lipinski definition) is 2. The van der Waals surface area contributed by atoms with Gasteiger partial charge in [0.25, 0.3) is 0 Å². The summed E-state index contributed by atoms with van der Waals surface area (Å²) < 4.78 is 6.28. The Labute approximate surface area is 103 Å². The smallest absolute Gasteiger partial charge is 0.128 e. The van der Waals surface area contributed by atoms with Gasteiger partial charge in [0.1, 0.15) is 16.0 Å². The fourth-order valence-electron chi connectivity index (χ4n) is 1.85. The molecule has 0 aliphatic heterocycles. The molecule has 84 valence electrons. The molecule has 0 atom stereocenters. The molecule has 16 heavy (non-hydrogen) atoms. The SMILES string of the molecule is COc1cc(C)cc(C)c1-c1nc[nH]c1Br. The fraction of sp³-hybridized carbons (Fsp3) is 0.250. The molecule has 3 nitrogen and oxygen atoms in total. The second-order valence-corrected chi connectivity index (χ2v) is 4.52. The van der Waals surface area contributed by atoms with Crippen LogP contribution < -0.4 is 4.74 Å². The summed E-state index contributed by atoms with van der Waals surface area (Å²) in [7, 11) is 1.68. The second-order valence-electron chi connectivity index (χ2n) is 3.72. The molecule has 0 aliphatic rings. The first-order valence-corrected chi connectivity index (χ1v) is 5.77. The highest BCUT2D eigenvalue weighted by Crippen LogP contribution is 2.36. The average Bonchev–Trinajstić information content (AvgIpc) is 2.63. The van der Waals surface area contributed by atoms with E-state index in [1.807, 2.05) is 6.07 Å². The molecule has 0 fully saturated rings. The molecule has 0 bridgehead atoms. The van der Waals surface area contributed by atoms with Crippen molar-refractivity contribution < 1.29 is 4.74 Å². The van der Waals surface area contributed by atoms with Crippen LogP contribution in [0.4, 0.5) is 0 Å². The van der Waals surface area contributed by atoms with Gasteiger partial charge in [0.15, 0.2) is 0 Å². The van der Waals surface area contributed by atoms with Gasteiger partial charge < -0.3 is 9.72 Å². The predicted octanol–water partition coefficient (Wildman–Crippen LogP) is 3.46. The lowest BCUT2D eigenvalue weighted by Gasteiger charge is -2.11. The first-order valence-electron chi connectivity index (χ1n) is 4.98. The quantitative estimate of drug-likeness (QED) is 0.915. The highest BCUT2D eigenvalue weighted by Gasteiger charge is 2.14. The number of H-pyrrole nitrogens is 1. The summed E-state index contributed by atoms with van der Waals surface area (Å²) in [6, 6.07) is 4.14. The van der Waals surface area contributed by atoms with Gasteiger partial charge in [-0.15, -0.1) is 0 Å². The average molecular weight is 281 g/mol. The van der Waals surface area contributed by atoms with Crippen LogP contribution in [-0.2, 0) is 0 Å². The van der Waals surface area contributed by atoms with Crippen LogP contribution in [0.2, 0.25) is 0 Å². The molecule has 1 N–H and O–H groups in total. The zero-order valence-electron chi connectivity index (χ0n) is 9.47. The van der Waals surface area contributed by atoms with E-state index in [0.717, 1.165) is 27.2 Å². The van der Waals surface area contributed by atoms with E-state index >= 15 is 0 Å². The Bertz CT molecular complexity index is 520. The van der Waals surface area contributed by atoms with Crippen molar-refractivity contribution >= 4 is 15.9 Å². The van der Waals surface area contributed by atoms with Gasteiger partial charge in [-0.05, 0) is 47.0 Å². The van der Waals surface area contributed by atoms with Crippen LogP contribution >= 0.6 is 15.9 Å². The van der Waals surface area contributed by atoms with Gasteiger partial charge >= 0.3 is 0 Å². The van der Waals surface area contributed by atoms with E-state index in [-0.39, 0.29) is 0 Å². The summed E-state index contributed by atoms with van der Waals surface area (Å²) in [5, 5.41) is 0. The van der Waals surface area contributed by atoms with Crippen LogP contribution in [0.25, 0.3) is 11.3 Å². The van der Waals surface area contributed by atoms with Crippen molar-refractivity contribution in [1.82, 2.24) is 9.97 Å². The van der Waals surface area contributed by atoms with E-state index in [9.17, 15) is 0 Å². The molecule has 4 heteroatoms. The van der Waals surface area contributed by atoms with Crippen molar-refractivity contribution in [3.8, 4) is 17.0 Å². The molecule has 2 aromatic rings. The van der Waals surface area contributed by atoms with Gasteiger partial charge in [-0.25, -0.2) is 4.98 Å². The number of benzene rings is 1.